The van der Waals surface area contributed by atoms with Crippen molar-refractivity contribution in [2.45, 2.75) is 13.0 Å². The van der Waals surface area contributed by atoms with Crippen molar-refractivity contribution in [3.63, 3.8) is 0 Å². The Morgan fingerprint density at radius 2 is 1.96 bits per heavy atom. The van der Waals surface area contributed by atoms with Crippen LogP contribution in [0.5, 0.6) is 0 Å². The first kappa shape index (κ1) is 19.1. The van der Waals surface area contributed by atoms with Crippen molar-refractivity contribution in [3.8, 4) is 0 Å². The highest BCUT2D eigenvalue weighted by Gasteiger charge is 2.17. The van der Waals surface area contributed by atoms with Crippen LogP contribution in [0.15, 0.2) is 54.6 Å². The highest BCUT2D eigenvalue weighted by Crippen LogP contribution is 2.20. The Balaban J connectivity index is 1.94. The molecule has 26 heavy (non-hydrogen) atoms. The zero-order valence-corrected chi connectivity index (χ0v) is 14.5. The third kappa shape index (κ3) is 5.42. The minimum atomic E-state index is -1.05. The summed E-state index contributed by atoms with van der Waals surface area (Å²) >= 11 is 5.95. The molecule has 2 aromatic rings. The molecule has 0 aliphatic carbocycles. The molecule has 2 rings (SSSR count). The third-order valence-corrected chi connectivity index (χ3v) is 3.62. The second-order valence-corrected chi connectivity index (χ2v) is 5.64. The van der Waals surface area contributed by atoms with Crippen LogP contribution in [0.1, 0.15) is 12.5 Å². The van der Waals surface area contributed by atoms with Gasteiger partial charge >= 0.3 is 5.97 Å². The number of hydrogen-bond donors (Lipinski definition) is 1. The van der Waals surface area contributed by atoms with Gasteiger partial charge in [0.15, 0.2) is 6.10 Å². The monoisotopic (exact) mass is 374 g/mol. The summed E-state index contributed by atoms with van der Waals surface area (Å²) < 4.78 is 5.01. The molecular formula is C18H15ClN2O5. The molecule has 0 saturated carbocycles. The number of benzene rings is 2. The van der Waals surface area contributed by atoms with E-state index in [4.69, 9.17) is 16.3 Å². The SMILES string of the molecule is CC(OC(=O)C=Cc1cccc([N+](=O)[O-])c1)C(=O)Nc1ccccc1Cl. The Morgan fingerprint density at radius 1 is 1.23 bits per heavy atom. The summed E-state index contributed by atoms with van der Waals surface area (Å²) in [6, 6.07) is 12.4. The Bertz CT molecular complexity index is 866. The first-order valence-electron chi connectivity index (χ1n) is 7.55. The van der Waals surface area contributed by atoms with Gasteiger partial charge in [0.1, 0.15) is 0 Å². The maximum absolute atomic E-state index is 12.0. The van der Waals surface area contributed by atoms with Gasteiger partial charge < -0.3 is 10.1 Å². The van der Waals surface area contributed by atoms with Gasteiger partial charge in [0.2, 0.25) is 0 Å². The lowest BCUT2D eigenvalue weighted by atomic mass is 10.2. The second kappa shape index (κ2) is 8.77. The summed E-state index contributed by atoms with van der Waals surface area (Å²) in [7, 11) is 0. The number of nitrogens with one attached hydrogen (secondary N) is 1. The van der Waals surface area contributed by atoms with Crippen LogP contribution in [0.25, 0.3) is 6.08 Å². The molecule has 0 aliphatic rings. The summed E-state index contributed by atoms with van der Waals surface area (Å²) in [5.41, 5.74) is 0.784. The summed E-state index contributed by atoms with van der Waals surface area (Å²) in [5.74, 6) is -1.28. The highest BCUT2D eigenvalue weighted by atomic mass is 35.5. The lowest BCUT2D eigenvalue weighted by Gasteiger charge is -2.13. The first-order chi connectivity index (χ1) is 12.4. The fourth-order valence-electron chi connectivity index (χ4n) is 1.97. The van der Waals surface area contributed by atoms with Crippen molar-refractivity contribution >= 4 is 40.9 Å². The van der Waals surface area contributed by atoms with E-state index in [0.717, 1.165) is 6.08 Å². The average molecular weight is 375 g/mol. The Hall–Kier alpha value is -3.19. The molecule has 0 saturated heterocycles. The number of rotatable bonds is 6. The number of anilines is 1. The highest BCUT2D eigenvalue weighted by molar-refractivity contribution is 6.33. The zero-order chi connectivity index (χ0) is 19.1. The third-order valence-electron chi connectivity index (χ3n) is 3.29. The Kier molecular flexibility index (Phi) is 6.46. The quantitative estimate of drug-likeness (QED) is 0.358. The number of carbonyl (C=O) groups excluding carboxylic acids is 2. The van der Waals surface area contributed by atoms with Crippen LogP contribution >= 0.6 is 11.6 Å². The van der Waals surface area contributed by atoms with Crippen LogP contribution < -0.4 is 5.32 Å². The van der Waals surface area contributed by atoms with E-state index in [1.165, 1.54) is 31.2 Å². The minimum absolute atomic E-state index is 0.0898. The standard InChI is InChI=1S/C18H15ClN2O5/c1-12(18(23)20-16-8-3-2-7-15(16)19)26-17(22)10-9-13-5-4-6-14(11-13)21(24)25/h2-12H,1H3,(H,20,23). The smallest absolute Gasteiger partial charge is 0.331 e. The molecule has 8 heteroatoms. The predicted molar refractivity (Wildman–Crippen MR) is 97.8 cm³/mol. The summed E-state index contributed by atoms with van der Waals surface area (Å²) in [6.07, 6.45) is 1.42. The fourth-order valence-corrected chi connectivity index (χ4v) is 2.15. The molecule has 0 heterocycles. The molecule has 0 bridgehead atoms. The van der Waals surface area contributed by atoms with E-state index < -0.39 is 22.9 Å². The molecule has 134 valence electrons. The van der Waals surface area contributed by atoms with Crippen LogP contribution in [0.3, 0.4) is 0 Å². The fraction of sp³-hybridized carbons (Fsp3) is 0.111. The molecule has 1 amide bonds. The number of hydrogen-bond acceptors (Lipinski definition) is 5. The predicted octanol–water partition coefficient (Wildman–Crippen LogP) is 3.83. The van der Waals surface area contributed by atoms with Gasteiger partial charge in [0, 0.05) is 18.2 Å². The summed E-state index contributed by atoms with van der Waals surface area (Å²) in [6.45, 7) is 1.42. The topological polar surface area (TPSA) is 98.5 Å². The molecule has 1 atom stereocenters. The van der Waals surface area contributed by atoms with Gasteiger partial charge in [-0.1, -0.05) is 35.9 Å². The number of nitro groups is 1. The van der Waals surface area contributed by atoms with Crippen molar-refractivity contribution in [2.75, 3.05) is 5.32 Å². The molecule has 7 nitrogen and oxygen atoms in total. The Morgan fingerprint density at radius 3 is 2.65 bits per heavy atom. The van der Waals surface area contributed by atoms with Gasteiger partial charge in [-0.15, -0.1) is 0 Å². The molecule has 0 aliphatic heterocycles. The van der Waals surface area contributed by atoms with Crippen molar-refractivity contribution < 1.29 is 19.2 Å². The van der Waals surface area contributed by atoms with Crippen LogP contribution in [0.2, 0.25) is 5.02 Å². The number of carbonyl (C=O) groups is 2. The van der Waals surface area contributed by atoms with Crippen molar-refractivity contribution in [1.29, 1.82) is 0 Å². The van der Waals surface area contributed by atoms with Gasteiger partial charge in [-0.25, -0.2) is 4.79 Å². The molecule has 0 spiro atoms. The van der Waals surface area contributed by atoms with Gasteiger partial charge in [0.25, 0.3) is 11.6 Å². The van der Waals surface area contributed by atoms with Crippen LogP contribution in [0.4, 0.5) is 11.4 Å². The number of nitrogens with zero attached hydrogens (tertiary/aromatic N) is 1. The normalized spacial score (nSPS) is 11.8. The number of esters is 1. The molecule has 0 fully saturated rings. The van der Waals surface area contributed by atoms with Crippen molar-refractivity contribution in [3.05, 3.63) is 75.3 Å². The van der Waals surface area contributed by atoms with E-state index >= 15 is 0 Å². The number of amides is 1. The molecule has 0 radical (unpaired) electrons. The zero-order valence-electron chi connectivity index (χ0n) is 13.7. The average Bonchev–Trinajstić information content (AvgIpc) is 2.62. The first-order valence-corrected chi connectivity index (χ1v) is 7.93. The van der Waals surface area contributed by atoms with E-state index in [-0.39, 0.29) is 5.69 Å². The maximum Gasteiger partial charge on any atom is 0.331 e. The van der Waals surface area contributed by atoms with Crippen LogP contribution in [0, 0.1) is 10.1 Å². The van der Waals surface area contributed by atoms with Crippen LogP contribution in [-0.2, 0) is 14.3 Å². The molecule has 1 N–H and O–H groups in total. The van der Waals surface area contributed by atoms with E-state index in [9.17, 15) is 19.7 Å². The van der Waals surface area contributed by atoms with E-state index in [1.807, 2.05) is 0 Å². The molecular weight excluding hydrogens is 360 g/mol. The van der Waals surface area contributed by atoms with Crippen molar-refractivity contribution in [2.24, 2.45) is 0 Å². The second-order valence-electron chi connectivity index (χ2n) is 5.23. The largest absolute Gasteiger partial charge is 0.449 e. The molecule has 2 aromatic carbocycles. The number of para-hydroxylation sites is 1. The maximum atomic E-state index is 12.0. The molecule has 1 unspecified atom stereocenters. The number of halogens is 1. The van der Waals surface area contributed by atoms with Gasteiger partial charge in [0.05, 0.1) is 15.6 Å². The van der Waals surface area contributed by atoms with Gasteiger partial charge in [-0.2, -0.15) is 0 Å². The number of nitro benzene ring substituents is 1. The van der Waals surface area contributed by atoms with Gasteiger partial charge in [-0.05, 0) is 30.7 Å². The number of ether oxygens (including phenoxy) is 1. The van der Waals surface area contributed by atoms with E-state index in [0.29, 0.717) is 16.3 Å². The van der Waals surface area contributed by atoms with E-state index in [2.05, 4.69) is 5.32 Å². The van der Waals surface area contributed by atoms with Crippen LogP contribution in [-0.4, -0.2) is 22.9 Å². The lowest BCUT2D eigenvalue weighted by Crippen LogP contribution is -2.29. The van der Waals surface area contributed by atoms with Gasteiger partial charge in [-0.3, -0.25) is 14.9 Å². The minimum Gasteiger partial charge on any atom is -0.449 e. The Labute approximate surface area is 154 Å². The van der Waals surface area contributed by atoms with Crippen molar-refractivity contribution in [1.82, 2.24) is 0 Å². The summed E-state index contributed by atoms with van der Waals surface area (Å²) in [4.78, 5) is 34.1. The lowest BCUT2D eigenvalue weighted by molar-refractivity contribution is -0.384. The summed E-state index contributed by atoms with van der Waals surface area (Å²) in [5, 5.41) is 13.6. The molecule has 0 aromatic heterocycles. The van der Waals surface area contributed by atoms with E-state index in [1.54, 1.807) is 30.3 Å². The number of non-ortho nitro benzene ring substituents is 1.